The number of quaternary nitrogens is 1. The van der Waals surface area contributed by atoms with Gasteiger partial charge in [0.1, 0.15) is 5.75 Å². The van der Waals surface area contributed by atoms with Crippen LogP contribution in [0.5, 0.6) is 5.75 Å². The van der Waals surface area contributed by atoms with Crippen LogP contribution >= 0.6 is 19.4 Å². The van der Waals surface area contributed by atoms with Crippen LogP contribution in [0.3, 0.4) is 0 Å². The molecule has 1 aromatic carbocycles. The van der Waals surface area contributed by atoms with E-state index in [0.29, 0.717) is 31.1 Å². The zero-order valence-corrected chi connectivity index (χ0v) is 21.9. The molecule has 0 aliphatic carbocycles. The maximum absolute atomic E-state index is 12.2. The highest BCUT2D eigenvalue weighted by Gasteiger charge is 2.39. The molecule has 0 bridgehead atoms. The fourth-order valence-electron chi connectivity index (χ4n) is 2.87. The average Bonchev–Trinajstić information content (AvgIpc) is 2.72. The van der Waals surface area contributed by atoms with Crippen molar-refractivity contribution in [3.8, 4) is 5.75 Å². The number of hydrogen-bond donors (Lipinski definition) is 3. The Hall–Kier alpha value is -1.23. The van der Waals surface area contributed by atoms with Crippen LogP contribution in [-0.2, 0) is 23.1 Å². The van der Waals surface area contributed by atoms with Crippen LogP contribution in [0.4, 0.5) is 0 Å². The lowest BCUT2D eigenvalue weighted by Gasteiger charge is -2.34. The third kappa shape index (κ3) is 13.6. The van der Waals surface area contributed by atoms with Gasteiger partial charge < -0.3 is 29.1 Å². The molecule has 0 radical (unpaired) electrons. The van der Waals surface area contributed by atoms with E-state index in [1.54, 1.807) is 33.3 Å². The minimum Gasteiger partial charge on any atom is -0.493 e. The lowest BCUT2D eigenvalue weighted by Crippen LogP contribution is -2.52. The van der Waals surface area contributed by atoms with E-state index in [-0.39, 0.29) is 17.2 Å². The number of carbonyl (C=O) groups is 1. The second-order valence-electron chi connectivity index (χ2n) is 8.91. The maximum atomic E-state index is 12.2. The highest BCUT2D eigenvalue weighted by Crippen LogP contribution is 2.46. The van der Waals surface area contributed by atoms with Gasteiger partial charge in [0, 0.05) is 18.1 Å². The van der Waals surface area contributed by atoms with Crippen LogP contribution < -0.4 is 4.74 Å². The lowest BCUT2D eigenvalue weighted by molar-refractivity contribution is -0.922. The van der Waals surface area contributed by atoms with Gasteiger partial charge in [-0.3, -0.25) is 13.8 Å². The number of carboxylic acids is 1. The number of aliphatic hydroxyl groups is 1. The summed E-state index contributed by atoms with van der Waals surface area (Å²) in [7, 11) is 0.312. The standard InChI is InChI=1S/C22H37ClNO9P/c1-17(12-15-31-19-10-8-18(23)9-11-19)30-13-6-5-7-14-32-34(28,29)33-20(16-21(25)26)22(27)24(2,3)4/h8-11,17,20,22,27H,5-7,12-16H2,1-4H3,(H-,25,26,28,29)/p+1/t17?,20-,22?/m1/s1. The highest BCUT2D eigenvalue weighted by atomic mass is 35.5. The third-order valence-corrected chi connectivity index (χ3v) is 6.12. The molecule has 12 heteroatoms. The predicted octanol–water partition coefficient (Wildman–Crippen LogP) is 3.69. The molecule has 3 N–H and O–H groups in total. The van der Waals surface area contributed by atoms with E-state index in [1.807, 2.05) is 19.1 Å². The Morgan fingerprint density at radius 2 is 1.71 bits per heavy atom. The fourth-order valence-corrected chi connectivity index (χ4v) is 3.94. The molecule has 196 valence electrons. The van der Waals surface area contributed by atoms with Crippen LogP contribution in [0, 0.1) is 0 Å². The van der Waals surface area contributed by atoms with E-state index in [1.165, 1.54) is 0 Å². The Bertz CT molecular complexity index is 773. The molecule has 0 spiro atoms. The second kappa shape index (κ2) is 15.0. The number of unbranched alkanes of at least 4 members (excludes halogenated alkanes) is 2. The van der Waals surface area contributed by atoms with Gasteiger partial charge in [-0.25, -0.2) is 4.57 Å². The van der Waals surface area contributed by atoms with Crippen molar-refractivity contribution < 1.29 is 47.5 Å². The van der Waals surface area contributed by atoms with Crippen LogP contribution in [0.25, 0.3) is 0 Å². The van der Waals surface area contributed by atoms with Gasteiger partial charge in [0.2, 0.25) is 6.23 Å². The molecular weight excluding hydrogens is 489 g/mol. The number of hydrogen-bond acceptors (Lipinski definition) is 7. The molecule has 0 aliphatic heterocycles. The SMILES string of the molecule is CC(CCOc1ccc(Cl)cc1)OCCCCCOP(=O)(O)O[C@H](CC(=O)O)C(O)[N+](C)(C)C. The zero-order valence-electron chi connectivity index (χ0n) is 20.3. The van der Waals surface area contributed by atoms with Crippen molar-refractivity contribution in [2.24, 2.45) is 0 Å². The Kier molecular flexibility index (Phi) is 13.6. The van der Waals surface area contributed by atoms with Crippen LogP contribution in [0.2, 0.25) is 5.02 Å². The number of likely N-dealkylation sites (N-methyl/N-ethyl adjacent to an activating group) is 1. The van der Waals surface area contributed by atoms with Gasteiger partial charge in [-0.15, -0.1) is 0 Å². The normalized spacial score (nSPS) is 16.4. The van der Waals surface area contributed by atoms with Crippen molar-refractivity contribution in [2.45, 2.75) is 57.5 Å². The molecular formula is C22H38ClNO9P+. The summed E-state index contributed by atoms with van der Waals surface area (Å²) in [6, 6.07) is 7.16. The molecule has 3 unspecified atom stereocenters. The first-order valence-electron chi connectivity index (χ1n) is 11.2. The van der Waals surface area contributed by atoms with E-state index in [0.717, 1.165) is 18.6 Å². The van der Waals surface area contributed by atoms with Crippen LogP contribution in [-0.4, -0.2) is 85.0 Å². The van der Waals surface area contributed by atoms with Crippen LogP contribution in [0.15, 0.2) is 24.3 Å². The minimum atomic E-state index is -4.53. The molecule has 0 heterocycles. The molecule has 0 amide bonds. The number of phosphoric ester groups is 1. The summed E-state index contributed by atoms with van der Waals surface area (Å²) in [5.74, 6) is -0.508. The quantitative estimate of drug-likeness (QED) is 0.113. The third-order valence-electron chi connectivity index (χ3n) is 4.82. The van der Waals surface area contributed by atoms with Gasteiger partial charge >= 0.3 is 13.8 Å². The summed E-state index contributed by atoms with van der Waals surface area (Å²) in [4.78, 5) is 21.0. The molecule has 0 saturated carbocycles. The van der Waals surface area contributed by atoms with Crippen molar-refractivity contribution in [2.75, 3.05) is 41.0 Å². The summed E-state index contributed by atoms with van der Waals surface area (Å²) in [6.45, 7) is 2.98. The molecule has 4 atom stereocenters. The smallest absolute Gasteiger partial charge is 0.472 e. The minimum absolute atomic E-state index is 0.0217. The van der Waals surface area contributed by atoms with Crippen molar-refractivity contribution in [1.29, 1.82) is 0 Å². The van der Waals surface area contributed by atoms with Gasteiger partial charge in [0.15, 0.2) is 6.10 Å². The number of rotatable bonds is 18. The number of carboxylic acid groups (broad SMARTS) is 1. The van der Waals surface area contributed by atoms with E-state index in [2.05, 4.69) is 0 Å². The molecule has 0 saturated heterocycles. The second-order valence-corrected chi connectivity index (χ2v) is 10.7. The summed E-state index contributed by atoms with van der Waals surface area (Å²) in [5, 5.41) is 19.9. The Morgan fingerprint density at radius 3 is 2.29 bits per heavy atom. The van der Waals surface area contributed by atoms with Crippen molar-refractivity contribution in [3.05, 3.63) is 29.3 Å². The van der Waals surface area contributed by atoms with E-state index < -0.39 is 32.5 Å². The number of aliphatic carboxylic acids is 1. The summed E-state index contributed by atoms with van der Waals surface area (Å²) >= 11 is 5.84. The number of phosphoric acid groups is 1. The van der Waals surface area contributed by atoms with Gasteiger partial charge in [-0.05, 0) is 50.5 Å². The monoisotopic (exact) mass is 526 g/mol. The molecule has 1 aromatic rings. The number of ether oxygens (including phenoxy) is 2. The van der Waals surface area contributed by atoms with Gasteiger partial charge in [-0.1, -0.05) is 11.6 Å². The summed E-state index contributed by atoms with van der Waals surface area (Å²) < 4.78 is 33.4. The van der Waals surface area contributed by atoms with Crippen molar-refractivity contribution in [1.82, 2.24) is 0 Å². The molecule has 0 aromatic heterocycles. The van der Waals surface area contributed by atoms with E-state index in [4.69, 9.17) is 35.2 Å². The first-order chi connectivity index (χ1) is 15.8. The van der Waals surface area contributed by atoms with E-state index in [9.17, 15) is 19.4 Å². The average molecular weight is 527 g/mol. The zero-order chi connectivity index (χ0) is 25.8. The molecule has 0 fully saturated rings. The first-order valence-corrected chi connectivity index (χ1v) is 13.0. The lowest BCUT2D eigenvalue weighted by atomic mass is 10.2. The fraction of sp³-hybridized carbons (Fsp3) is 0.682. The van der Waals surface area contributed by atoms with Crippen LogP contribution in [0.1, 0.15) is 39.0 Å². The number of aliphatic hydroxyl groups excluding tert-OH is 1. The first kappa shape index (κ1) is 30.8. The maximum Gasteiger partial charge on any atom is 0.472 e. The largest absolute Gasteiger partial charge is 0.493 e. The van der Waals surface area contributed by atoms with Gasteiger partial charge in [0.05, 0.1) is 46.9 Å². The molecule has 1 rings (SSSR count). The topological polar surface area (TPSA) is 132 Å². The summed E-state index contributed by atoms with van der Waals surface area (Å²) in [6.07, 6.45) is -0.667. The Morgan fingerprint density at radius 1 is 1.09 bits per heavy atom. The van der Waals surface area contributed by atoms with Crippen molar-refractivity contribution in [3.63, 3.8) is 0 Å². The summed E-state index contributed by atoms with van der Waals surface area (Å²) in [5.41, 5.74) is 0. The molecule has 34 heavy (non-hydrogen) atoms. The van der Waals surface area contributed by atoms with Gasteiger partial charge in [-0.2, -0.15) is 0 Å². The number of benzene rings is 1. The van der Waals surface area contributed by atoms with E-state index >= 15 is 0 Å². The number of nitrogens with zero attached hydrogens (tertiary/aromatic N) is 1. The predicted molar refractivity (Wildman–Crippen MR) is 128 cm³/mol. The molecule has 10 nitrogen and oxygen atoms in total. The van der Waals surface area contributed by atoms with Crippen molar-refractivity contribution >= 4 is 25.4 Å². The molecule has 0 aliphatic rings. The van der Waals surface area contributed by atoms with Gasteiger partial charge in [0.25, 0.3) is 0 Å². The Labute approximate surface area is 206 Å². The Balaban J connectivity index is 2.21. The highest BCUT2D eigenvalue weighted by molar-refractivity contribution is 7.47. The number of halogens is 1.